The number of hydrogen-bond acceptors (Lipinski definition) is 5. The van der Waals surface area contributed by atoms with Crippen LogP contribution in [0.4, 0.5) is 5.69 Å². The van der Waals surface area contributed by atoms with Crippen molar-refractivity contribution in [3.05, 3.63) is 65.7 Å². The van der Waals surface area contributed by atoms with Crippen LogP contribution in [0.25, 0.3) is 11.3 Å². The van der Waals surface area contributed by atoms with Crippen LogP contribution in [0.3, 0.4) is 0 Å². The fraction of sp³-hybridized carbons (Fsp3) is 0.111. The van der Waals surface area contributed by atoms with E-state index >= 15 is 0 Å². The van der Waals surface area contributed by atoms with E-state index in [9.17, 15) is 8.42 Å². The molecule has 0 saturated carbocycles. The normalized spacial score (nSPS) is 11.1. The third-order valence-electron chi connectivity index (χ3n) is 3.65. The molecule has 1 aromatic heterocycles. The molecule has 2 aromatic carbocycles. The van der Waals surface area contributed by atoms with E-state index in [1.165, 1.54) is 6.07 Å². The summed E-state index contributed by atoms with van der Waals surface area (Å²) in [5.41, 5.74) is 2.08. The van der Waals surface area contributed by atoms with Gasteiger partial charge in [-0.2, -0.15) is 5.26 Å². The van der Waals surface area contributed by atoms with Crippen molar-refractivity contribution in [3.63, 3.8) is 0 Å². The molecule has 126 valence electrons. The second-order valence-corrected chi connectivity index (χ2v) is 7.17. The Hall–Kier alpha value is -3.11. The number of benzene rings is 2. The molecule has 25 heavy (non-hydrogen) atoms. The SMILES string of the molecule is Cc1ncc(-c2ccc(NS(=O)(=O)c3cc(C#N)ccc3C)cc2)o1. The van der Waals surface area contributed by atoms with Crippen molar-refractivity contribution in [3.8, 4) is 17.4 Å². The molecule has 0 fully saturated rings. The summed E-state index contributed by atoms with van der Waals surface area (Å²) in [6.07, 6.45) is 1.62. The van der Waals surface area contributed by atoms with Crippen molar-refractivity contribution in [1.29, 1.82) is 5.26 Å². The van der Waals surface area contributed by atoms with E-state index in [1.807, 2.05) is 6.07 Å². The first-order valence-electron chi connectivity index (χ1n) is 7.45. The Morgan fingerprint density at radius 3 is 2.44 bits per heavy atom. The molecule has 0 saturated heterocycles. The summed E-state index contributed by atoms with van der Waals surface area (Å²) in [5.74, 6) is 1.18. The van der Waals surface area contributed by atoms with Crippen LogP contribution in [-0.2, 0) is 10.0 Å². The van der Waals surface area contributed by atoms with Crippen LogP contribution in [0.5, 0.6) is 0 Å². The molecular formula is C18H15N3O3S. The second kappa shape index (κ2) is 6.42. The number of oxazole rings is 1. The highest BCUT2D eigenvalue weighted by molar-refractivity contribution is 7.92. The van der Waals surface area contributed by atoms with Gasteiger partial charge in [0.15, 0.2) is 11.7 Å². The molecule has 6 nitrogen and oxygen atoms in total. The number of sulfonamides is 1. The van der Waals surface area contributed by atoms with Crippen LogP contribution in [0.2, 0.25) is 0 Å². The van der Waals surface area contributed by atoms with Crippen LogP contribution in [0.15, 0.2) is 58.0 Å². The van der Waals surface area contributed by atoms with Gasteiger partial charge in [0.05, 0.1) is 22.7 Å². The molecule has 0 amide bonds. The Balaban J connectivity index is 1.88. The Bertz CT molecular complexity index is 1060. The smallest absolute Gasteiger partial charge is 0.262 e. The Labute approximate surface area is 145 Å². The number of nitrogens with one attached hydrogen (secondary N) is 1. The number of rotatable bonds is 4. The first kappa shape index (κ1) is 16.7. The average molecular weight is 353 g/mol. The van der Waals surface area contributed by atoms with Gasteiger partial charge in [0.2, 0.25) is 0 Å². The summed E-state index contributed by atoms with van der Waals surface area (Å²) >= 11 is 0. The first-order chi connectivity index (χ1) is 11.9. The standard InChI is InChI=1S/C18H15N3O3S/c1-12-3-4-14(10-19)9-18(12)25(22,23)21-16-7-5-15(6-8-16)17-11-20-13(2)24-17/h3-9,11,21H,1-2H3. The van der Waals surface area contributed by atoms with Crippen molar-refractivity contribution < 1.29 is 12.8 Å². The van der Waals surface area contributed by atoms with Gasteiger partial charge in [0.25, 0.3) is 10.0 Å². The average Bonchev–Trinajstić information content (AvgIpc) is 3.02. The van der Waals surface area contributed by atoms with Gasteiger partial charge in [0.1, 0.15) is 0 Å². The zero-order chi connectivity index (χ0) is 18.0. The van der Waals surface area contributed by atoms with Gasteiger partial charge in [-0.1, -0.05) is 6.07 Å². The number of aryl methyl sites for hydroxylation is 2. The van der Waals surface area contributed by atoms with Crippen molar-refractivity contribution in [2.24, 2.45) is 0 Å². The highest BCUT2D eigenvalue weighted by Gasteiger charge is 2.18. The fourth-order valence-corrected chi connectivity index (χ4v) is 3.70. The maximum atomic E-state index is 12.6. The minimum atomic E-state index is -3.79. The minimum absolute atomic E-state index is 0.0847. The molecule has 0 aliphatic heterocycles. The first-order valence-corrected chi connectivity index (χ1v) is 8.94. The summed E-state index contributed by atoms with van der Waals surface area (Å²) in [5, 5.41) is 8.97. The monoisotopic (exact) mass is 353 g/mol. The van der Waals surface area contributed by atoms with E-state index in [2.05, 4.69) is 9.71 Å². The van der Waals surface area contributed by atoms with Crippen molar-refractivity contribution in [2.75, 3.05) is 4.72 Å². The molecule has 1 heterocycles. The van der Waals surface area contributed by atoms with Gasteiger partial charge >= 0.3 is 0 Å². The van der Waals surface area contributed by atoms with Gasteiger partial charge < -0.3 is 4.42 Å². The van der Waals surface area contributed by atoms with Gasteiger partial charge in [-0.25, -0.2) is 13.4 Å². The maximum absolute atomic E-state index is 12.6. The van der Waals surface area contributed by atoms with Crippen molar-refractivity contribution in [2.45, 2.75) is 18.7 Å². The van der Waals surface area contributed by atoms with Crippen molar-refractivity contribution >= 4 is 15.7 Å². The molecule has 0 bridgehead atoms. The predicted molar refractivity (Wildman–Crippen MR) is 93.4 cm³/mol. The van der Waals surface area contributed by atoms with Crippen LogP contribution < -0.4 is 4.72 Å². The molecule has 0 spiro atoms. The zero-order valence-corrected chi connectivity index (χ0v) is 14.5. The largest absolute Gasteiger partial charge is 0.441 e. The van der Waals surface area contributed by atoms with E-state index < -0.39 is 10.0 Å². The lowest BCUT2D eigenvalue weighted by Gasteiger charge is -2.11. The molecule has 0 radical (unpaired) electrons. The van der Waals surface area contributed by atoms with E-state index in [4.69, 9.17) is 9.68 Å². The Kier molecular flexibility index (Phi) is 4.30. The van der Waals surface area contributed by atoms with Gasteiger partial charge in [-0.3, -0.25) is 4.72 Å². The van der Waals surface area contributed by atoms with Gasteiger partial charge in [0, 0.05) is 18.2 Å². The lowest BCUT2D eigenvalue weighted by Crippen LogP contribution is -2.14. The molecule has 3 rings (SSSR count). The minimum Gasteiger partial charge on any atom is -0.441 e. The zero-order valence-electron chi connectivity index (χ0n) is 13.6. The summed E-state index contributed by atoms with van der Waals surface area (Å²) in [6, 6.07) is 13.3. The summed E-state index contributed by atoms with van der Waals surface area (Å²) in [6.45, 7) is 3.44. The van der Waals surface area contributed by atoms with Crippen molar-refractivity contribution in [1.82, 2.24) is 4.98 Å². The van der Waals surface area contributed by atoms with E-state index in [0.717, 1.165) is 5.56 Å². The van der Waals surface area contributed by atoms with Crippen LogP contribution in [-0.4, -0.2) is 13.4 Å². The highest BCUT2D eigenvalue weighted by Crippen LogP contribution is 2.24. The predicted octanol–water partition coefficient (Wildman–Crippen LogP) is 3.63. The molecule has 1 N–H and O–H groups in total. The lowest BCUT2D eigenvalue weighted by molar-refractivity contribution is 0.534. The molecular weight excluding hydrogens is 338 g/mol. The highest BCUT2D eigenvalue weighted by atomic mass is 32.2. The second-order valence-electron chi connectivity index (χ2n) is 5.52. The summed E-state index contributed by atoms with van der Waals surface area (Å²) in [7, 11) is -3.79. The number of nitriles is 1. The number of aromatic nitrogens is 1. The maximum Gasteiger partial charge on any atom is 0.262 e. The van der Waals surface area contributed by atoms with Gasteiger partial charge in [-0.15, -0.1) is 0 Å². The Morgan fingerprint density at radius 2 is 1.84 bits per heavy atom. The molecule has 0 unspecified atom stereocenters. The topological polar surface area (TPSA) is 96.0 Å². The van der Waals surface area contributed by atoms with Crippen LogP contribution >= 0.6 is 0 Å². The molecule has 7 heteroatoms. The quantitative estimate of drug-likeness (QED) is 0.772. The van der Waals surface area contributed by atoms with Crippen LogP contribution in [0, 0.1) is 25.2 Å². The Morgan fingerprint density at radius 1 is 1.12 bits per heavy atom. The third-order valence-corrected chi connectivity index (χ3v) is 5.17. The molecule has 0 atom stereocenters. The molecule has 0 aliphatic carbocycles. The third kappa shape index (κ3) is 3.54. The number of nitrogens with zero attached hydrogens (tertiary/aromatic N) is 2. The fourth-order valence-electron chi connectivity index (χ4n) is 2.37. The van der Waals surface area contributed by atoms with E-state index in [0.29, 0.717) is 28.5 Å². The summed E-state index contributed by atoms with van der Waals surface area (Å²) < 4.78 is 33.2. The van der Waals surface area contributed by atoms with Crippen LogP contribution in [0.1, 0.15) is 17.0 Å². The van der Waals surface area contributed by atoms with E-state index in [-0.39, 0.29) is 4.90 Å². The number of anilines is 1. The summed E-state index contributed by atoms with van der Waals surface area (Å²) in [4.78, 5) is 4.12. The van der Waals surface area contributed by atoms with Gasteiger partial charge in [-0.05, 0) is 48.9 Å². The molecule has 3 aromatic rings. The number of hydrogen-bond donors (Lipinski definition) is 1. The van der Waals surface area contributed by atoms with E-state index in [1.54, 1.807) is 56.4 Å². The molecule has 0 aliphatic rings. The lowest BCUT2D eigenvalue weighted by atomic mass is 10.2.